The monoisotopic (exact) mass is 503 g/mol. The normalized spacial score (nSPS) is 10.2. The zero-order chi connectivity index (χ0) is 26.6. The Morgan fingerprint density at radius 3 is 1.84 bits per heavy atom. The fourth-order valence-corrected chi connectivity index (χ4v) is 3.13. The Kier molecular flexibility index (Phi) is 9.66. The van der Waals surface area contributed by atoms with Gasteiger partial charge in [0.05, 0.1) is 19.1 Å². The Morgan fingerprint density at radius 2 is 1.22 bits per heavy atom. The minimum atomic E-state index is -0.687. The van der Waals surface area contributed by atoms with Crippen LogP contribution < -0.4 is 10.1 Å². The van der Waals surface area contributed by atoms with E-state index in [0.29, 0.717) is 22.6 Å². The van der Waals surface area contributed by atoms with Crippen LogP contribution in [0.5, 0.6) is 5.75 Å². The quantitative estimate of drug-likeness (QED) is 0.292. The number of nitrogens with one attached hydrogen (secondary N) is 1. The number of rotatable bonds is 12. The lowest BCUT2D eigenvalue weighted by Gasteiger charge is -2.08. The molecule has 0 radical (unpaired) electrons. The van der Waals surface area contributed by atoms with Gasteiger partial charge in [-0.3, -0.25) is 19.2 Å². The van der Waals surface area contributed by atoms with E-state index in [1.165, 1.54) is 31.4 Å². The summed E-state index contributed by atoms with van der Waals surface area (Å²) in [4.78, 5) is 60.4. The van der Waals surface area contributed by atoms with Crippen molar-refractivity contribution in [2.45, 2.75) is 12.8 Å². The number of ketones is 2. The average Bonchev–Trinajstić information content (AvgIpc) is 2.94. The molecule has 0 spiro atoms. The Bertz CT molecular complexity index is 1250. The number of methoxy groups -OCH3 is 1. The van der Waals surface area contributed by atoms with Gasteiger partial charge in [-0.1, -0.05) is 30.3 Å². The van der Waals surface area contributed by atoms with Gasteiger partial charge in [0.2, 0.25) is 5.91 Å². The third-order valence-corrected chi connectivity index (χ3v) is 5.17. The van der Waals surface area contributed by atoms with Gasteiger partial charge >= 0.3 is 11.9 Å². The maximum absolute atomic E-state index is 12.2. The summed E-state index contributed by atoms with van der Waals surface area (Å²) in [6.07, 6.45) is -0.337. The summed E-state index contributed by atoms with van der Waals surface area (Å²) in [7, 11) is 1.52. The van der Waals surface area contributed by atoms with E-state index in [1.54, 1.807) is 54.6 Å². The molecule has 190 valence electrons. The van der Waals surface area contributed by atoms with Gasteiger partial charge in [0.25, 0.3) is 0 Å². The molecule has 0 saturated carbocycles. The van der Waals surface area contributed by atoms with Crippen molar-refractivity contribution in [1.82, 2.24) is 0 Å². The Hall–Kier alpha value is -4.79. The number of carbonyl (C=O) groups excluding carboxylic acids is 5. The molecule has 0 aliphatic rings. The van der Waals surface area contributed by atoms with E-state index in [9.17, 15) is 24.0 Å². The van der Waals surface area contributed by atoms with Crippen LogP contribution in [0.4, 0.5) is 5.69 Å². The molecule has 0 aliphatic carbocycles. The minimum Gasteiger partial charge on any atom is -0.497 e. The molecule has 0 saturated heterocycles. The highest BCUT2D eigenvalue weighted by Crippen LogP contribution is 2.14. The fraction of sp³-hybridized carbons (Fsp3) is 0.179. The van der Waals surface area contributed by atoms with Gasteiger partial charge in [-0.2, -0.15) is 0 Å². The van der Waals surface area contributed by atoms with Gasteiger partial charge in [0.1, 0.15) is 5.75 Å². The van der Waals surface area contributed by atoms with Crippen LogP contribution in [0.25, 0.3) is 0 Å². The smallest absolute Gasteiger partial charge is 0.338 e. The number of hydrogen-bond donors (Lipinski definition) is 1. The molecule has 9 heteroatoms. The minimum absolute atomic E-state index is 0.143. The summed E-state index contributed by atoms with van der Waals surface area (Å²) in [6, 6.07) is 20.7. The standard InChI is InChI=1S/C28H25NO8/c1-35-23-13-9-20(10-14-23)25(31)18-37-28(34)21-7-11-22(12-8-21)29-26(32)15-16-27(33)36-17-24(30)19-5-3-2-4-6-19/h2-14H,15-18H2,1H3,(H,29,32). The van der Waals surface area contributed by atoms with Gasteiger partial charge < -0.3 is 19.5 Å². The van der Waals surface area contributed by atoms with E-state index in [1.807, 2.05) is 0 Å². The van der Waals surface area contributed by atoms with E-state index in [-0.39, 0.29) is 30.0 Å². The number of Topliss-reactive ketones (excluding diaryl/α,β-unsaturated/α-hetero) is 2. The van der Waals surface area contributed by atoms with Gasteiger partial charge in [-0.25, -0.2) is 4.79 Å². The van der Waals surface area contributed by atoms with Gasteiger partial charge in [0.15, 0.2) is 24.8 Å². The van der Waals surface area contributed by atoms with E-state index < -0.39 is 31.1 Å². The van der Waals surface area contributed by atoms with Crippen molar-refractivity contribution >= 4 is 35.1 Å². The van der Waals surface area contributed by atoms with Crippen molar-refractivity contribution in [3.8, 4) is 5.75 Å². The van der Waals surface area contributed by atoms with Crippen molar-refractivity contribution in [3.63, 3.8) is 0 Å². The molecule has 3 aromatic carbocycles. The first kappa shape index (κ1) is 26.8. The second kappa shape index (κ2) is 13.3. The molecular weight excluding hydrogens is 478 g/mol. The first-order chi connectivity index (χ1) is 17.9. The second-order valence-electron chi connectivity index (χ2n) is 7.80. The number of hydrogen-bond acceptors (Lipinski definition) is 8. The predicted molar refractivity (Wildman–Crippen MR) is 134 cm³/mol. The highest BCUT2D eigenvalue weighted by atomic mass is 16.5. The van der Waals surface area contributed by atoms with Crippen molar-refractivity contribution < 1.29 is 38.2 Å². The van der Waals surface area contributed by atoms with E-state index in [0.717, 1.165) is 0 Å². The number of esters is 2. The lowest BCUT2D eigenvalue weighted by atomic mass is 10.1. The summed E-state index contributed by atoms with van der Waals surface area (Å²) in [6.45, 7) is -0.815. The van der Waals surface area contributed by atoms with Crippen LogP contribution in [-0.2, 0) is 19.1 Å². The van der Waals surface area contributed by atoms with Crippen molar-refractivity contribution in [2.75, 3.05) is 25.6 Å². The van der Waals surface area contributed by atoms with Crippen LogP contribution in [0.1, 0.15) is 43.9 Å². The lowest BCUT2D eigenvalue weighted by Crippen LogP contribution is -2.17. The van der Waals surface area contributed by atoms with Crippen molar-refractivity contribution in [3.05, 3.63) is 95.6 Å². The van der Waals surface area contributed by atoms with Crippen LogP contribution in [0.2, 0.25) is 0 Å². The zero-order valence-corrected chi connectivity index (χ0v) is 20.1. The largest absolute Gasteiger partial charge is 0.497 e. The molecule has 0 bridgehead atoms. The number of anilines is 1. The number of amides is 1. The topological polar surface area (TPSA) is 125 Å². The first-order valence-corrected chi connectivity index (χ1v) is 11.3. The molecule has 1 N–H and O–H groups in total. The highest BCUT2D eigenvalue weighted by Gasteiger charge is 2.14. The molecule has 0 atom stereocenters. The summed E-state index contributed by atoms with van der Waals surface area (Å²) < 4.78 is 15.0. The molecule has 1 amide bonds. The average molecular weight is 504 g/mol. The van der Waals surface area contributed by atoms with Gasteiger partial charge in [-0.15, -0.1) is 0 Å². The summed E-state index contributed by atoms with van der Waals surface area (Å²) >= 11 is 0. The molecule has 3 aromatic rings. The molecule has 9 nitrogen and oxygen atoms in total. The number of benzene rings is 3. The molecule has 0 aliphatic heterocycles. The lowest BCUT2D eigenvalue weighted by molar-refractivity contribution is -0.143. The number of carbonyl (C=O) groups is 5. The maximum Gasteiger partial charge on any atom is 0.338 e. The van der Waals surface area contributed by atoms with E-state index in [4.69, 9.17) is 14.2 Å². The van der Waals surface area contributed by atoms with Crippen molar-refractivity contribution in [1.29, 1.82) is 0 Å². The predicted octanol–water partition coefficient (Wildman–Crippen LogP) is 3.88. The first-order valence-electron chi connectivity index (χ1n) is 11.3. The van der Waals surface area contributed by atoms with Crippen LogP contribution in [0.3, 0.4) is 0 Å². The Labute approximate surface area is 213 Å². The van der Waals surface area contributed by atoms with Crippen LogP contribution in [0.15, 0.2) is 78.9 Å². The third-order valence-electron chi connectivity index (χ3n) is 5.17. The maximum atomic E-state index is 12.2. The van der Waals surface area contributed by atoms with Gasteiger partial charge in [-0.05, 0) is 48.5 Å². The molecule has 37 heavy (non-hydrogen) atoms. The summed E-state index contributed by atoms with van der Waals surface area (Å²) in [5, 5.41) is 2.61. The third kappa shape index (κ3) is 8.43. The van der Waals surface area contributed by atoms with Crippen LogP contribution in [0, 0.1) is 0 Å². The molecule has 3 rings (SSSR count). The highest BCUT2D eigenvalue weighted by molar-refractivity contribution is 6.00. The summed E-state index contributed by atoms with van der Waals surface area (Å²) in [5.74, 6) is -1.87. The molecule has 0 heterocycles. The Morgan fingerprint density at radius 1 is 0.649 bits per heavy atom. The Balaban J connectivity index is 1.38. The van der Waals surface area contributed by atoms with Crippen LogP contribution >= 0.6 is 0 Å². The van der Waals surface area contributed by atoms with Gasteiger partial charge in [0, 0.05) is 23.2 Å². The molecule has 0 unspecified atom stereocenters. The summed E-state index contributed by atoms with van der Waals surface area (Å²) in [5.41, 5.74) is 1.43. The molecule has 0 aromatic heterocycles. The number of ether oxygens (including phenoxy) is 3. The SMILES string of the molecule is COc1ccc(C(=O)COC(=O)c2ccc(NC(=O)CCC(=O)OCC(=O)c3ccccc3)cc2)cc1. The zero-order valence-electron chi connectivity index (χ0n) is 20.1. The van der Waals surface area contributed by atoms with Crippen LogP contribution in [-0.4, -0.2) is 49.7 Å². The van der Waals surface area contributed by atoms with E-state index >= 15 is 0 Å². The second-order valence-corrected chi connectivity index (χ2v) is 7.80. The molecular formula is C28H25NO8. The van der Waals surface area contributed by atoms with Crippen molar-refractivity contribution in [2.24, 2.45) is 0 Å². The molecule has 0 fully saturated rings. The fourth-order valence-electron chi connectivity index (χ4n) is 3.13. The van der Waals surface area contributed by atoms with E-state index in [2.05, 4.69) is 5.32 Å².